The number of rotatable bonds is 8. The molecule has 0 N–H and O–H groups in total. The predicted molar refractivity (Wildman–Crippen MR) is 509 cm³/mol. The molecule has 7 aliphatic carbocycles. The summed E-state index contributed by atoms with van der Waals surface area (Å²) in [6.07, 6.45) is 27.4. The Morgan fingerprint density at radius 2 is 0.717 bits per heavy atom. The molecule has 8 aromatic carbocycles. The Labute approximate surface area is 754 Å². The molecule has 0 unspecified atom stereocenters. The van der Waals surface area contributed by atoms with E-state index in [1.165, 1.54) is 52.0 Å². The van der Waals surface area contributed by atoms with Crippen molar-refractivity contribution in [3.05, 3.63) is 273 Å². The van der Waals surface area contributed by atoms with E-state index in [-0.39, 0.29) is 85.9 Å². The van der Waals surface area contributed by atoms with Crippen molar-refractivity contribution in [1.82, 2.24) is 4.57 Å². The zero-order chi connectivity index (χ0) is 94.3. The predicted octanol–water partition coefficient (Wildman–Crippen LogP) is 30.7. The van der Waals surface area contributed by atoms with E-state index < -0.39 is 28.8 Å². The van der Waals surface area contributed by atoms with Gasteiger partial charge in [0.05, 0.1) is 10.5 Å². The molecule has 0 radical (unpaired) electrons. The molecule has 0 spiro atoms. The van der Waals surface area contributed by atoms with E-state index in [1.54, 1.807) is 80.9 Å². The van der Waals surface area contributed by atoms with Crippen molar-refractivity contribution in [2.24, 2.45) is 0 Å². The summed E-state index contributed by atoms with van der Waals surface area (Å²) in [5, 5.41) is 1.37. The molecule has 0 aliphatic heterocycles. The van der Waals surface area contributed by atoms with E-state index in [2.05, 4.69) is 116 Å². The number of allylic oxidation sites excluding steroid dienone is 7. The highest BCUT2D eigenvalue weighted by Gasteiger charge is 2.32. The van der Waals surface area contributed by atoms with E-state index >= 15 is 0 Å². The minimum absolute atomic E-state index is 0.0365. The van der Waals surface area contributed by atoms with Gasteiger partial charge < -0.3 is 37.9 Å². The van der Waals surface area contributed by atoms with Crippen LogP contribution in [0.1, 0.15) is 283 Å². The highest BCUT2D eigenvalue weighted by Crippen LogP contribution is 2.42. The maximum absolute atomic E-state index is 14.1. The molecule has 127 heavy (non-hydrogen) atoms. The fraction of sp³-hybridized carbons (Fsp3) is 0.404. The standard InChI is InChI=1S/C14H16ClNO2.C14H15F3O.2C14H17FO.C14H18O.2C13H15FO.C13H16O/c1-9(17)16-8-7-10-11(16)5-6-12(13(10)15)18-14(2,3)4;1-7-5-8-9(6-7)11(16)13(12(17)10(8)15)18-14(2,3)4;1-9-5-10-7-12(15)13(8-11(10)6-9)16-14(2,3)4;1-9-7-10-5-6-12(16-14(2,3)4)13(15)11(10)8-9;1-10-7-11-5-6-13(9-12(11)8-10)15-14(2,3)4;1-13(2,3)15-12-8-10-6-4-5-9(10)7-11(12)14;1-13(2,3)15-11-8-7-9-5-4-6-10(9)12(11)14;1-13(2,3)14-12-8-7-10-5-4-6-11(10)9-12/h5-8H,1-4H3;6H,5H2,1-4H3;6-8H,5H2,1-4H3;5-6,8H,7H2,1-4H3;5-6,8-9H,7H2,1-4H3;2*4,6-8H,5H2,1-3H3;4,6-9H,5H2,1-3H3. The Bertz CT molecular complexity index is 5750. The zero-order valence-electron chi connectivity index (χ0n) is 79.8. The summed E-state index contributed by atoms with van der Waals surface area (Å²) in [6, 6.07) is 32.2. The van der Waals surface area contributed by atoms with Crippen molar-refractivity contribution < 1.29 is 73.4 Å². The molecule has 0 fully saturated rings. The SMILES string of the molecule is CC(=O)n1ccc2c(Cl)c(OC(C)(C)C)ccc21.CC(C)(C)Oc1cc2c(cc1F)CC=C2.CC(C)(C)Oc1ccc2c(c1)C=CC2.CC(C)(C)Oc1ccc2c(c1F)C=CC2.CC1=Cc2c(F)c(OC(C)(C)C)c(F)c(F)c2C1.CC1=Cc2c(ccc(OC(C)(C)C)c2F)C1.CC1=Cc2cc(OC(C)(C)C)c(F)cc2C1.CC1=Cc2cc(OC(C)(C)C)ccc2C1. The van der Waals surface area contributed by atoms with Gasteiger partial charge in [0.1, 0.15) is 62.1 Å². The third kappa shape index (κ3) is 29.2. The normalized spacial score (nSPS) is 14.1. The molecule has 18 heteroatoms. The number of carbonyl (C=O) groups is 1. The van der Waals surface area contributed by atoms with E-state index in [1.807, 2.05) is 165 Å². The second kappa shape index (κ2) is 39.9. The quantitative estimate of drug-likeness (QED) is 0.109. The first-order valence-electron chi connectivity index (χ1n) is 43.4. The van der Waals surface area contributed by atoms with Crippen LogP contribution in [-0.4, -0.2) is 55.3 Å². The topological polar surface area (TPSA) is 95.8 Å². The third-order valence-electron chi connectivity index (χ3n) is 19.3. The number of benzene rings is 8. The number of fused-ring (bicyclic) bond motifs is 8. The summed E-state index contributed by atoms with van der Waals surface area (Å²) in [5.41, 5.74) is 16.0. The second-order valence-corrected chi connectivity index (χ2v) is 41.3. The Hall–Kier alpha value is -10.7. The molecule has 1 heterocycles. The van der Waals surface area contributed by atoms with Crippen LogP contribution in [0.25, 0.3) is 53.4 Å². The number of hydrogen-bond donors (Lipinski definition) is 0. The number of hydrogen-bond acceptors (Lipinski definition) is 9. The van der Waals surface area contributed by atoms with Gasteiger partial charge in [-0.2, -0.15) is 4.39 Å². The maximum Gasteiger partial charge on any atom is 0.227 e. The highest BCUT2D eigenvalue weighted by atomic mass is 35.5. The lowest BCUT2D eigenvalue weighted by atomic mass is 10.1. The van der Waals surface area contributed by atoms with E-state index in [0.29, 0.717) is 44.9 Å². The van der Waals surface area contributed by atoms with Crippen LogP contribution in [0.2, 0.25) is 5.02 Å². The summed E-state index contributed by atoms with van der Waals surface area (Å²) in [7, 11) is 0. The van der Waals surface area contributed by atoms with Crippen molar-refractivity contribution >= 4 is 70.9 Å². The first-order valence-corrected chi connectivity index (χ1v) is 43.7. The third-order valence-corrected chi connectivity index (χ3v) is 19.7. The number of ether oxygens (including phenoxy) is 8. The van der Waals surface area contributed by atoms with Crippen LogP contribution >= 0.6 is 11.6 Å². The van der Waals surface area contributed by atoms with Crippen LogP contribution in [0.4, 0.5) is 30.7 Å². The lowest BCUT2D eigenvalue weighted by Crippen LogP contribution is -2.25. The molecule has 16 rings (SSSR count). The fourth-order valence-electron chi connectivity index (χ4n) is 14.6. The highest BCUT2D eigenvalue weighted by molar-refractivity contribution is 6.37. The van der Waals surface area contributed by atoms with Gasteiger partial charge in [-0.1, -0.05) is 119 Å². The molecule has 0 bridgehead atoms. The van der Waals surface area contributed by atoms with Gasteiger partial charge >= 0.3 is 0 Å². The second-order valence-electron chi connectivity index (χ2n) is 41.0. The average Bonchev–Trinajstić information content (AvgIpc) is 1.65. The Morgan fingerprint density at radius 3 is 1.24 bits per heavy atom. The van der Waals surface area contributed by atoms with E-state index in [9.17, 15) is 35.5 Å². The molecule has 7 aliphatic rings. The fourth-order valence-corrected chi connectivity index (χ4v) is 14.8. The van der Waals surface area contributed by atoms with Crippen LogP contribution < -0.4 is 37.9 Å². The monoisotopic (exact) mass is 1760 g/mol. The van der Waals surface area contributed by atoms with Gasteiger partial charge in [-0.3, -0.25) is 9.36 Å². The van der Waals surface area contributed by atoms with Crippen molar-refractivity contribution in [3.8, 4) is 46.0 Å². The summed E-state index contributed by atoms with van der Waals surface area (Å²) < 4.78 is 144. The number of nitrogens with zero attached hydrogens (tertiary/aromatic N) is 1. The maximum atomic E-state index is 14.1. The van der Waals surface area contributed by atoms with Crippen molar-refractivity contribution in [1.29, 1.82) is 0 Å². The molecule has 0 atom stereocenters. The molecule has 680 valence electrons. The Kier molecular flexibility index (Phi) is 31.5. The van der Waals surface area contributed by atoms with Gasteiger partial charge in [0.2, 0.25) is 11.7 Å². The van der Waals surface area contributed by atoms with Gasteiger partial charge in [-0.15, -0.1) is 0 Å². The summed E-state index contributed by atoms with van der Waals surface area (Å²) >= 11 is 6.32. The largest absolute Gasteiger partial charge is 0.488 e. The minimum atomic E-state index is -1.25. The molecule has 0 amide bonds. The van der Waals surface area contributed by atoms with Gasteiger partial charge in [0.25, 0.3) is 0 Å². The molecule has 0 saturated heterocycles. The van der Waals surface area contributed by atoms with Crippen molar-refractivity contribution in [3.63, 3.8) is 0 Å². The van der Waals surface area contributed by atoms with Crippen molar-refractivity contribution in [2.75, 3.05) is 0 Å². The van der Waals surface area contributed by atoms with E-state index in [0.717, 1.165) is 99.9 Å². The van der Waals surface area contributed by atoms with Gasteiger partial charge in [-0.25, -0.2) is 26.3 Å². The molecule has 1 aromatic heterocycles. The van der Waals surface area contributed by atoms with Crippen molar-refractivity contribution in [2.45, 2.75) is 291 Å². The van der Waals surface area contributed by atoms with Crippen LogP contribution in [0.15, 0.2) is 150 Å². The first-order chi connectivity index (χ1) is 58.6. The minimum Gasteiger partial charge on any atom is -0.488 e. The van der Waals surface area contributed by atoms with Gasteiger partial charge in [0.15, 0.2) is 63.7 Å². The average molecular weight is 1770 g/mol. The summed E-state index contributed by atoms with van der Waals surface area (Å²) in [5.74, 6) is -0.832. The lowest BCUT2D eigenvalue weighted by Gasteiger charge is -2.23. The first kappa shape index (κ1) is 100. The van der Waals surface area contributed by atoms with Crippen LogP contribution in [0, 0.1) is 40.7 Å². The molecule has 0 saturated carbocycles. The number of aromatic nitrogens is 1. The number of halogens is 8. The Morgan fingerprint density at radius 1 is 0.331 bits per heavy atom. The van der Waals surface area contributed by atoms with Gasteiger partial charge in [0, 0.05) is 40.8 Å². The lowest BCUT2D eigenvalue weighted by molar-refractivity contribution is 0.0940. The summed E-state index contributed by atoms with van der Waals surface area (Å²) in [4.78, 5) is 11.4. The smallest absolute Gasteiger partial charge is 0.227 e. The van der Waals surface area contributed by atoms with Crippen LogP contribution in [-0.2, 0) is 44.9 Å². The summed E-state index contributed by atoms with van der Waals surface area (Å²) in [6.45, 7) is 55.8. The van der Waals surface area contributed by atoms with Gasteiger partial charge in [-0.05, 0) is 373 Å². The zero-order valence-corrected chi connectivity index (χ0v) is 80.5. The molecule has 10 nitrogen and oxygen atoms in total. The van der Waals surface area contributed by atoms with Crippen LogP contribution in [0.5, 0.6) is 46.0 Å². The molecule has 9 aromatic rings. The molecular formula is C109H129ClF7NO9. The number of carbonyl (C=O) groups excluding carboxylic acids is 1. The Balaban J connectivity index is 0.000000164. The molecular weight excluding hydrogens is 1640 g/mol. The van der Waals surface area contributed by atoms with Crippen LogP contribution in [0.3, 0.4) is 0 Å². The van der Waals surface area contributed by atoms with E-state index in [4.69, 9.17) is 49.5 Å².